The van der Waals surface area contributed by atoms with Crippen molar-refractivity contribution in [3.8, 4) is 0 Å². The lowest BCUT2D eigenvalue weighted by atomic mass is 10.3. The Labute approximate surface area is 130 Å². The van der Waals surface area contributed by atoms with Crippen LogP contribution in [0.2, 0.25) is 0 Å². The highest BCUT2D eigenvalue weighted by Crippen LogP contribution is 2.24. The summed E-state index contributed by atoms with van der Waals surface area (Å²) in [5.74, 6) is 3.63. The largest absolute Gasteiger partial charge is 0.354 e. The molecule has 1 saturated heterocycles. The van der Waals surface area contributed by atoms with Crippen LogP contribution in [0.15, 0.2) is 24.4 Å². The lowest BCUT2D eigenvalue weighted by Gasteiger charge is -2.21. The molecule has 0 saturated carbocycles. The van der Waals surface area contributed by atoms with Gasteiger partial charge < -0.3 is 14.6 Å². The molecule has 21 heavy (non-hydrogen) atoms. The molecule has 0 aromatic carbocycles. The Morgan fingerprint density at radius 1 is 1.29 bits per heavy atom. The molecule has 0 unspecified atom stereocenters. The smallest absolute Gasteiger partial charge is 0.152 e. The Bertz CT molecular complexity index is 585. The minimum absolute atomic E-state index is 0.479. The van der Waals surface area contributed by atoms with Crippen molar-refractivity contribution in [2.45, 2.75) is 32.9 Å². The van der Waals surface area contributed by atoms with E-state index >= 15 is 0 Å². The minimum atomic E-state index is 0.479. The normalized spacial score (nSPS) is 16.6. The lowest BCUT2D eigenvalue weighted by molar-refractivity contribution is 0.578. The fourth-order valence-electron chi connectivity index (χ4n) is 2.71. The Hall–Kier alpha value is -1.20. The molecule has 1 aliphatic rings. The maximum absolute atomic E-state index is 4.90. The van der Waals surface area contributed by atoms with Gasteiger partial charge in [-0.1, -0.05) is 19.9 Å². The van der Waals surface area contributed by atoms with E-state index in [1.165, 1.54) is 23.6 Å². The quantitative estimate of drug-likeness (QED) is 0.941. The number of aromatic nitrogens is 2. The van der Waals surface area contributed by atoms with Gasteiger partial charge in [0.2, 0.25) is 0 Å². The van der Waals surface area contributed by atoms with Crippen LogP contribution in [0.3, 0.4) is 0 Å². The van der Waals surface area contributed by atoms with E-state index in [0.717, 1.165) is 31.1 Å². The number of nitrogens with zero attached hydrogens (tertiary/aromatic N) is 3. The molecule has 3 heterocycles. The molecule has 2 aromatic heterocycles. The predicted molar refractivity (Wildman–Crippen MR) is 91.3 cm³/mol. The fourth-order valence-corrected chi connectivity index (χ4v) is 3.60. The zero-order valence-corrected chi connectivity index (χ0v) is 13.7. The number of nitrogens with one attached hydrogen (secondary N) is 1. The topological polar surface area (TPSA) is 32.6 Å². The Kier molecular flexibility index (Phi) is 4.70. The summed E-state index contributed by atoms with van der Waals surface area (Å²) in [7, 11) is 0. The van der Waals surface area contributed by atoms with Gasteiger partial charge in [-0.3, -0.25) is 0 Å². The molecule has 5 heteroatoms. The van der Waals surface area contributed by atoms with Crippen LogP contribution in [-0.2, 0) is 6.54 Å². The van der Waals surface area contributed by atoms with Crippen LogP contribution in [0.5, 0.6) is 0 Å². The van der Waals surface area contributed by atoms with Crippen molar-refractivity contribution >= 4 is 23.2 Å². The highest BCUT2D eigenvalue weighted by Gasteiger charge is 2.19. The average molecular weight is 304 g/mol. The molecule has 2 aromatic rings. The molecule has 0 bridgehead atoms. The second-order valence-electron chi connectivity index (χ2n) is 5.80. The maximum Gasteiger partial charge on any atom is 0.152 e. The monoisotopic (exact) mass is 304 g/mol. The van der Waals surface area contributed by atoms with Gasteiger partial charge >= 0.3 is 0 Å². The molecule has 0 spiro atoms. The fraction of sp³-hybridized carbons (Fsp3) is 0.562. The molecule has 0 amide bonds. The molecule has 1 fully saturated rings. The van der Waals surface area contributed by atoms with Crippen LogP contribution in [-0.4, -0.2) is 40.0 Å². The molecule has 1 aliphatic heterocycles. The maximum atomic E-state index is 4.90. The predicted octanol–water partition coefficient (Wildman–Crippen LogP) is 2.78. The average Bonchev–Trinajstić information content (AvgIpc) is 2.66. The molecule has 0 aliphatic carbocycles. The second-order valence-corrected chi connectivity index (χ2v) is 7.02. The van der Waals surface area contributed by atoms with E-state index in [1.54, 1.807) is 0 Å². The summed E-state index contributed by atoms with van der Waals surface area (Å²) in [6, 6.07) is 6.71. The van der Waals surface area contributed by atoms with Crippen molar-refractivity contribution in [2.75, 3.05) is 29.5 Å². The molecule has 3 rings (SSSR count). The third-order valence-electron chi connectivity index (χ3n) is 3.81. The number of pyridine rings is 1. The zero-order valence-electron chi connectivity index (χ0n) is 12.9. The first kappa shape index (κ1) is 14.7. The second kappa shape index (κ2) is 6.71. The van der Waals surface area contributed by atoms with Crippen LogP contribution in [0, 0.1) is 0 Å². The number of fused-ring (bicyclic) bond motifs is 1. The first-order valence-electron chi connectivity index (χ1n) is 7.78. The number of anilines is 1. The number of rotatable bonds is 4. The third kappa shape index (κ3) is 3.35. The molecular weight excluding hydrogens is 280 g/mol. The molecule has 1 N–H and O–H groups in total. The van der Waals surface area contributed by atoms with Crippen LogP contribution in [0.4, 0.5) is 5.82 Å². The van der Waals surface area contributed by atoms with Gasteiger partial charge in [0.1, 0.15) is 5.65 Å². The molecule has 0 atom stereocenters. The van der Waals surface area contributed by atoms with E-state index in [2.05, 4.69) is 64.6 Å². The molecule has 4 nitrogen and oxygen atoms in total. The van der Waals surface area contributed by atoms with Crippen LogP contribution >= 0.6 is 11.8 Å². The number of thioether (sulfide) groups is 1. The third-order valence-corrected chi connectivity index (χ3v) is 4.86. The van der Waals surface area contributed by atoms with Gasteiger partial charge in [-0.25, -0.2) is 4.98 Å². The summed E-state index contributed by atoms with van der Waals surface area (Å²) < 4.78 is 2.22. The number of hydrogen-bond acceptors (Lipinski definition) is 4. The Balaban J connectivity index is 1.96. The molecule has 0 radical (unpaired) electrons. The standard InChI is InChI=1S/C16H24N4S/c1-13(2)17-12-14-16(19-7-5-10-21-11-9-19)18-15-6-3-4-8-20(14)15/h3-4,6,8,13,17H,5,7,9-12H2,1-2H3. The number of hydrogen-bond donors (Lipinski definition) is 1. The van der Waals surface area contributed by atoms with Crippen molar-refractivity contribution in [1.82, 2.24) is 14.7 Å². The van der Waals surface area contributed by atoms with Crippen molar-refractivity contribution in [3.05, 3.63) is 30.1 Å². The summed E-state index contributed by atoms with van der Waals surface area (Å²) >= 11 is 2.05. The Morgan fingerprint density at radius 3 is 3.05 bits per heavy atom. The van der Waals surface area contributed by atoms with E-state index in [9.17, 15) is 0 Å². The minimum Gasteiger partial charge on any atom is -0.354 e. The Morgan fingerprint density at radius 2 is 2.19 bits per heavy atom. The number of imidazole rings is 1. The van der Waals surface area contributed by atoms with Crippen molar-refractivity contribution < 1.29 is 0 Å². The highest BCUT2D eigenvalue weighted by molar-refractivity contribution is 7.99. The van der Waals surface area contributed by atoms with Gasteiger partial charge in [0.25, 0.3) is 0 Å². The molecular formula is C16H24N4S. The van der Waals surface area contributed by atoms with Gasteiger partial charge in [-0.05, 0) is 24.3 Å². The lowest BCUT2D eigenvalue weighted by Crippen LogP contribution is -2.29. The summed E-state index contributed by atoms with van der Waals surface area (Å²) in [4.78, 5) is 7.36. The van der Waals surface area contributed by atoms with E-state index in [0.29, 0.717) is 6.04 Å². The van der Waals surface area contributed by atoms with E-state index in [4.69, 9.17) is 4.98 Å². The van der Waals surface area contributed by atoms with Gasteiger partial charge in [-0.15, -0.1) is 0 Å². The van der Waals surface area contributed by atoms with Gasteiger partial charge in [-0.2, -0.15) is 11.8 Å². The summed E-state index contributed by atoms with van der Waals surface area (Å²) in [6.07, 6.45) is 3.37. The summed E-state index contributed by atoms with van der Waals surface area (Å²) in [5.41, 5.74) is 2.33. The van der Waals surface area contributed by atoms with E-state index in [1.807, 2.05) is 0 Å². The highest BCUT2D eigenvalue weighted by atomic mass is 32.2. The van der Waals surface area contributed by atoms with Crippen molar-refractivity contribution in [1.29, 1.82) is 0 Å². The first-order chi connectivity index (χ1) is 10.3. The van der Waals surface area contributed by atoms with Crippen LogP contribution in [0.25, 0.3) is 5.65 Å². The summed E-state index contributed by atoms with van der Waals surface area (Å²) in [5, 5.41) is 3.54. The van der Waals surface area contributed by atoms with E-state index < -0.39 is 0 Å². The molecule has 114 valence electrons. The van der Waals surface area contributed by atoms with Crippen molar-refractivity contribution in [3.63, 3.8) is 0 Å². The van der Waals surface area contributed by atoms with Crippen molar-refractivity contribution in [2.24, 2.45) is 0 Å². The van der Waals surface area contributed by atoms with Gasteiger partial charge in [0.15, 0.2) is 5.82 Å². The van der Waals surface area contributed by atoms with Gasteiger partial charge in [0.05, 0.1) is 5.69 Å². The zero-order chi connectivity index (χ0) is 14.7. The van der Waals surface area contributed by atoms with Crippen LogP contribution in [0.1, 0.15) is 26.0 Å². The first-order valence-corrected chi connectivity index (χ1v) is 8.93. The van der Waals surface area contributed by atoms with E-state index in [-0.39, 0.29) is 0 Å². The summed E-state index contributed by atoms with van der Waals surface area (Å²) in [6.45, 7) is 7.45. The SMILES string of the molecule is CC(C)NCc1c(N2CCCSCC2)nc2ccccn12. The van der Waals surface area contributed by atoms with Crippen LogP contribution < -0.4 is 10.2 Å². The van der Waals surface area contributed by atoms with Gasteiger partial charge in [0, 0.05) is 37.6 Å².